The minimum atomic E-state index is -2.79. The summed E-state index contributed by atoms with van der Waals surface area (Å²) in [4.78, 5) is 32.3. The van der Waals surface area contributed by atoms with Crippen LogP contribution in [0.25, 0.3) is 0 Å². The third-order valence-corrected chi connectivity index (χ3v) is 9.32. The lowest BCUT2D eigenvalue weighted by molar-refractivity contribution is 0.0708. The number of ether oxygens (including phenoxy) is 5. The molecular formula is C29H60N8O9Si. The van der Waals surface area contributed by atoms with Crippen molar-refractivity contribution in [3.8, 4) is 0 Å². The number of rotatable bonds is 30. The zero-order valence-corrected chi connectivity index (χ0v) is 30.9. The molecule has 0 fully saturated rings. The van der Waals surface area contributed by atoms with Gasteiger partial charge in [0, 0.05) is 65.4 Å². The highest BCUT2D eigenvalue weighted by molar-refractivity contribution is 6.60. The van der Waals surface area contributed by atoms with Crippen LogP contribution >= 0.6 is 0 Å². The number of hydrogen-bond acceptors (Lipinski definition) is 15. The number of anilines is 3. The zero-order valence-electron chi connectivity index (χ0n) is 29.9. The molecule has 0 aliphatic heterocycles. The van der Waals surface area contributed by atoms with Crippen molar-refractivity contribution in [1.82, 2.24) is 25.6 Å². The van der Waals surface area contributed by atoms with E-state index in [1.165, 1.54) is 0 Å². The van der Waals surface area contributed by atoms with Crippen LogP contribution in [0.5, 0.6) is 0 Å². The molecule has 18 heteroatoms. The van der Waals surface area contributed by atoms with Gasteiger partial charge in [-0.3, -0.25) is 14.7 Å². The molecule has 0 atom stereocenters. The quantitative estimate of drug-likeness (QED) is 0.0687. The van der Waals surface area contributed by atoms with Crippen molar-refractivity contribution in [3.63, 3.8) is 0 Å². The van der Waals surface area contributed by atoms with Crippen LogP contribution in [-0.2, 0) is 37.0 Å². The van der Waals surface area contributed by atoms with Crippen molar-refractivity contribution in [2.45, 2.75) is 67.9 Å². The van der Waals surface area contributed by atoms with Crippen LogP contribution in [0.3, 0.4) is 0 Å². The van der Waals surface area contributed by atoms with E-state index in [0.717, 1.165) is 0 Å². The second-order valence-electron chi connectivity index (χ2n) is 9.64. The molecule has 1 heterocycles. The second-order valence-corrected chi connectivity index (χ2v) is 12.4. The van der Waals surface area contributed by atoms with E-state index in [4.69, 9.17) is 51.9 Å². The Morgan fingerprint density at radius 3 is 1.28 bits per heavy atom. The molecule has 0 saturated carbocycles. The van der Waals surface area contributed by atoms with Crippen LogP contribution in [0.15, 0.2) is 0 Å². The smallest absolute Gasteiger partial charge is 0.374 e. The normalized spacial score (nSPS) is 11.5. The highest BCUT2D eigenvalue weighted by Gasteiger charge is 2.39. The molecule has 0 aliphatic rings. The van der Waals surface area contributed by atoms with Crippen LogP contribution in [-0.4, -0.2) is 130 Å². The Morgan fingerprint density at radius 2 is 0.915 bits per heavy atom. The fourth-order valence-electron chi connectivity index (χ4n) is 3.99. The first kappa shape index (κ1) is 42.6. The molecule has 0 aliphatic carbocycles. The molecule has 17 nitrogen and oxygen atoms in total. The van der Waals surface area contributed by atoms with Gasteiger partial charge in [0.2, 0.25) is 17.8 Å². The van der Waals surface area contributed by atoms with Crippen LogP contribution < -0.4 is 25.3 Å². The SMILES string of the molecule is CCOCN(CNC(=O)NCCC[Si](OCC)(OCC)OCC)c1nc(N(COCC)COCC)nc(N(COCC)COCC)n1. The predicted octanol–water partition coefficient (Wildman–Crippen LogP) is 2.96. The average Bonchev–Trinajstić information content (AvgIpc) is 3.07. The molecule has 0 spiro atoms. The Labute approximate surface area is 282 Å². The number of nitrogens with zero attached hydrogens (tertiary/aromatic N) is 6. The van der Waals surface area contributed by atoms with Crippen molar-refractivity contribution >= 4 is 32.7 Å². The Bertz CT molecular complexity index is 872. The van der Waals surface area contributed by atoms with Crippen LogP contribution in [0.2, 0.25) is 6.04 Å². The van der Waals surface area contributed by atoms with E-state index < -0.39 is 8.80 Å². The summed E-state index contributed by atoms with van der Waals surface area (Å²) in [6.07, 6.45) is 0.632. The molecule has 2 amide bonds. The topological polar surface area (TPSA) is 163 Å². The minimum Gasteiger partial charge on any atom is -0.374 e. The zero-order chi connectivity index (χ0) is 34.8. The van der Waals surface area contributed by atoms with Gasteiger partial charge >= 0.3 is 14.8 Å². The van der Waals surface area contributed by atoms with Crippen LogP contribution in [0.4, 0.5) is 22.6 Å². The number of hydrogen-bond donors (Lipinski definition) is 2. The third-order valence-electron chi connectivity index (χ3n) is 6.17. The lowest BCUT2D eigenvalue weighted by atomic mass is 10.5. The molecule has 0 saturated heterocycles. The first-order valence-electron chi connectivity index (χ1n) is 16.7. The lowest BCUT2D eigenvalue weighted by Crippen LogP contribution is -2.47. The number of carbonyl (C=O) groups excluding carboxylic acids is 1. The highest BCUT2D eigenvalue weighted by atomic mass is 28.4. The predicted molar refractivity (Wildman–Crippen MR) is 181 cm³/mol. The summed E-state index contributed by atoms with van der Waals surface area (Å²) >= 11 is 0. The van der Waals surface area contributed by atoms with Crippen LogP contribution in [0, 0.1) is 0 Å². The largest absolute Gasteiger partial charge is 0.500 e. The summed E-state index contributed by atoms with van der Waals surface area (Å²) in [5.41, 5.74) is 0. The van der Waals surface area contributed by atoms with E-state index in [0.29, 0.717) is 83.8 Å². The average molecular weight is 693 g/mol. The van der Waals surface area contributed by atoms with Crippen molar-refractivity contribution in [2.24, 2.45) is 0 Å². The Hall–Kier alpha value is -2.42. The maximum absolute atomic E-state index is 12.9. The number of carbonyl (C=O) groups is 1. The number of urea groups is 1. The van der Waals surface area contributed by atoms with Gasteiger partial charge in [-0.1, -0.05) is 0 Å². The van der Waals surface area contributed by atoms with Gasteiger partial charge in [-0.05, 0) is 61.8 Å². The fourth-order valence-corrected chi connectivity index (χ4v) is 6.60. The molecular weight excluding hydrogens is 632 g/mol. The fraction of sp³-hybridized carbons (Fsp3) is 0.862. The van der Waals surface area contributed by atoms with E-state index in [9.17, 15) is 4.79 Å². The van der Waals surface area contributed by atoms with Gasteiger partial charge in [-0.25, -0.2) is 4.79 Å². The van der Waals surface area contributed by atoms with E-state index >= 15 is 0 Å². The second kappa shape index (κ2) is 26.5. The molecule has 0 radical (unpaired) electrons. The lowest BCUT2D eigenvalue weighted by Gasteiger charge is -2.29. The van der Waals surface area contributed by atoms with Gasteiger partial charge in [-0.15, -0.1) is 0 Å². The van der Waals surface area contributed by atoms with Gasteiger partial charge in [0.1, 0.15) is 33.7 Å². The molecule has 1 aromatic rings. The monoisotopic (exact) mass is 692 g/mol. The Kier molecular flexibility index (Phi) is 24.0. The van der Waals surface area contributed by atoms with E-state index in [2.05, 4.69) is 10.6 Å². The summed E-state index contributed by atoms with van der Waals surface area (Å²) in [5.74, 6) is 0.915. The molecule has 2 N–H and O–H groups in total. The molecule has 274 valence electrons. The van der Waals surface area contributed by atoms with Crippen molar-refractivity contribution in [1.29, 1.82) is 0 Å². The number of amides is 2. The number of nitrogens with one attached hydrogen (secondary N) is 2. The first-order valence-corrected chi connectivity index (χ1v) is 18.6. The first-order chi connectivity index (χ1) is 22.9. The van der Waals surface area contributed by atoms with Gasteiger partial charge in [0.05, 0.1) is 6.67 Å². The molecule has 0 unspecified atom stereocenters. The summed E-state index contributed by atoms with van der Waals surface area (Å²) < 4.78 is 46.2. The van der Waals surface area contributed by atoms with Crippen molar-refractivity contribution < 1.29 is 41.8 Å². The standard InChI is InChI=1S/C29H60N8O9Si/c1-9-39-21-35(20-31-29(38)30-18-17-19-47(44-14-6,45-15-7)46-16-8)26-32-27(36(22-40-10-2)23-41-11-3)34-28(33-26)37(24-42-12-4)25-43-13-5/h9-25H2,1-8H3,(H2,30,31,38). The molecule has 0 bridgehead atoms. The summed E-state index contributed by atoms with van der Waals surface area (Å²) in [5, 5.41) is 5.78. The molecule has 1 aromatic heterocycles. The highest BCUT2D eigenvalue weighted by Crippen LogP contribution is 2.20. The van der Waals surface area contributed by atoms with E-state index in [1.54, 1.807) is 14.7 Å². The third kappa shape index (κ3) is 17.0. The molecule has 0 aromatic carbocycles. The summed E-state index contributed by atoms with van der Waals surface area (Å²) in [7, 11) is -2.79. The van der Waals surface area contributed by atoms with Crippen molar-refractivity contribution in [3.05, 3.63) is 0 Å². The van der Waals surface area contributed by atoms with Crippen LogP contribution in [0.1, 0.15) is 61.8 Å². The van der Waals surface area contributed by atoms with Gasteiger partial charge in [-0.2, -0.15) is 15.0 Å². The minimum absolute atomic E-state index is 0.0537. The van der Waals surface area contributed by atoms with Gasteiger partial charge < -0.3 is 47.6 Å². The van der Waals surface area contributed by atoms with Crippen molar-refractivity contribution in [2.75, 3.05) is 114 Å². The summed E-state index contributed by atoms with van der Waals surface area (Å²) in [6, 6.07) is 0.233. The molecule has 47 heavy (non-hydrogen) atoms. The summed E-state index contributed by atoms with van der Waals surface area (Å²) in [6.45, 7) is 20.6. The maximum Gasteiger partial charge on any atom is 0.500 e. The van der Waals surface area contributed by atoms with E-state index in [-0.39, 0.29) is 52.3 Å². The maximum atomic E-state index is 12.9. The van der Waals surface area contributed by atoms with E-state index in [1.807, 2.05) is 55.4 Å². The van der Waals surface area contributed by atoms with Gasteiger partial charge in [0.15, 0.2) is 0 Å². The molecule has 1 rings (SSSR count). The Balaban J connectivity index is 3.22. The van der Waals surface area contributed by atoms with Gasteiger partial charge in [0.25, 0.3) is 0 Å². The number of aromatic nitrogens is 3. The Morgan fingerprint density at radius 1 is 0.553 bits per heavy atom.